The zero-order valence-corrected chi connectivity index (χ0v) is 15.7. The third-order valence-electron chi connectivity index (χ3n) is 4.79. The van der Waals surface area contributed by atoms with Crippen molar-refractivity contribution < 1.29 is 13.9 Å². The number of carbonyl (C=O) groups is 1. The van der Waals surface area contributed by atoms with Gasteiger partial charge in [-0.2, -0.15) is 0 Å². The minimum atomic E-state index is -0.257. The first-order valence-electron chi connectivity index (χ1n) is 9.45. The smallest absolute Gasteiger partial charge is 0.272 e. The number of hydrogen-bond donors (Lipinski definition) is 0. The van der Waals surface area contributed by atoms with Gasteiger partial charge in [-0.15, -0.1) is 0 Å². The summed E-state index contributed by atoms with van der Waals surface area (Å²) in [6.45, 7) is 6.75. The molecule has 144 valence electrons. The van der Waals surface area contributed by atoms with Crippen LogP contribution in [-0.4, -0.2) is 60.0 Å². The number of aromatic nitrogens is 1. The maximum absolute atomic E-state index is 12.9. The average Bonchev–Trinajstić information content (AvgIpc) is 2.92. The molecule has 1 amide bonds. The van der Waals surface area contributed by atoms with E-state index in [2.05, 4.69) is 9.88 Å². The SMILES string of the molecule is Cc1cccnc1C(=O)N1CCCN(CCCOc2ccc(F)cc2)CC1. The molecule has 0 radical (unpaired) electrons. The zero-order valence-electron chi connectivity index (χ0n) is 15.7. The molecule has 0 saturated carbocycles. The Morgan fingerprint density at radius 2 is 1.96 bits per heavy atom. The molecule has 3 rings (SSSR count). The maximum Gasteiger partial charge on any atom is 0.272 e. The standard InChI is InChI=1S/C21H26FN3O2/c1-17-5-2-10-23-20(17)21(26)25-13-3-11-24(14-15-25)12-4-16-27-19-8-6-18(22)7-9-19/h2,5-10H,3-4,11-16H2,1H3. The second-order valence-electron chi connectivity index (χ2n) is 6.81. The number of amides is 1. The first-order valence-corrected chi connectivity index (χ1v) is 9.45. The van der Waals surface area contributed by atoms with Crippen molar-refractivity contribution in [3.05, 3.63) is 59.7 Å². The first kappa shape index (κ1) is 19.3. The summed E-state index contributed by atoms with van der Waals surface area (Å²) >= 11 is 0. The molecule has 2 heterocycles. The quantitative estimate of drug-likeness (QED) is 0.732. The molecule has 1 aliphatic rings. The van der Waals surface area contributed by atoms with Crippen molar-refractivity contribution in [2.24, 2.45) is 0 Å². The number of halogens is 1. The topological polar surface area (TPSA) is 45.7 Å². The molecule has 1 aliphatic heterocycles. The molecule has 0 bridgehead atoms. The largest absolute Gasteiger partial charge is 0.494 e. The van der Waals surface area contributed by atoms with Gasteiger partial charge in [0.05, 0.1) is 6.61 Å². The number of pyridine rings is 1. The van der Waals surface area contributed by atoms with Crippen molar-refractivity contribution in [1.82, 2.24) is 14.8 Å². The van der Waals surface area contributed by atoms with E-state index in [1.807, 2.05) is 24.0 Å². The Bertz CT molecular complexity index is 751. The Kier molecular flexibility index (Phi) is 6.76. The zero-order chi connectivity index (χ0) is 19.1. The molecule has 6 heteroatoms. The number of aryl methyl sites for hydroxylation is 1. The van der Waals surface area contributed by atoms with Crippen LogP contribution in [0, 0.1) is 12.7 Å². The highest BCUT2D eigenvalue weighted by Gasteiger charge is 2.22. The molecule has 1 aromatic heterocycles. The molecule has 1 fully saturated rings. The summed E-state index contributed by atoms with van der Waals surface area (Å²) in [6, 6.07) is 9.86. The van der Waals surface area contributed by atoms with E-state index in [9.17, 15) is 9.18 Å². The van der Waals surface area contributed by atoms with Gasteiger partial charge in [0.15, 0.2) is 0 Å². The molecule has 27 heavy (non-hydrogen) atoms. The summed E-state index contributed by atoms with van der Waals surface area (Å²) in [6.07, 6.45) is 3.52. The van der Waals surface area contributed by atoms with E-state index < -0.39 is 0 Å². The minimum Gasteiger partial charge on any atom is -0.494 e. The first-order chi connectivity index (χ1) is 13.1. The van der Waals surface area contributed by atoms with Gasteiger partial charge in [0, 0.05) is 32.4 Å². The Morgan fingerprint density at radius 3 is 2.74 bits per heavy atom. The summed E-state index contributed by atoms with van der Waals surface area (Å²) < 4.78 is 18.5. The van der Waals surface area contributed by atoms with Crippen LogP contribution >= 0.6 is 0 Å². The molecular weight excluding hydrogens is 345 g/mol. The Morgan fingerprint density at radius 1 is 1.15 bits per heavy atom. The van der Waals surface area contributed by atoms with E-state index in [1.165, 1.54) is 12.1 Å². The lowest BCUT2D eigenvalue weighted by molar-refractivity contribution is 0.0754. The normalized spacial score (nSPS) is 15.4. The van der Waals surface area contributed by atoms with Crippen LogP contribution in [0.3, 0.4) is 0 Å². The number of ether oxygens (including phenoxy) is 1. The van der Waals surface area contributed by atoms with Gasteiger partial charge in [0.2, 0.25) is 0 Å². The summed E-state index contributed by atoms with van der Waals surface area (Å²) in [7, 11) is 0. The molecular formula is C21H26FN3O2. The number of benzene rings is 1. The van der Waals surface area contributed by atoms with Crippen LogP contribution in [0.25, 0.3) is 0 Å². The fourth-order valence-electron chi connectivity index (χ4n) is 3.27. The van der Waals surface area contributed by atoms with E-state index in [0.29, 0.717) is 24.6 Å². The van der Waals surface area contributed by atoms with Crippen LogP contribution in [0.1, 0.15) is 28.9 Å². The second-order valence-corrected chi connectivity index (χ2v) is 6.81. The molecule has 5 nitrogen and oxygen atoms in total. The van der Waals surface area contributed by atoms with Gasteiger partial charge in [-0.25, -0.2) is 4.39 Å². The Labute approximate surface area is 159 Å². The number of nitrogens with zero attached hydrogens (tertiary/aromatic N) is 3. The molecule has 0 aliphatic carbocycles. The Balaban J connectivity index is 1.42. The molecule has 2 aromatic rings. The molecule has 0 unspecified atom stereocenters. The van der Waals surface area contributed by atoms with Gasteiger partial charge in [-0.05, 0) is 62.2 Å². The molecule has 0 atom stereocenters. The van der Waals surface area contributed by atoms with Crippen molar-refractivity contribution in [3.8, 4) is 5.75 Å². The number of rotatable bonds is 6. The van der Waals surface area contributed by atoms with Crippen LogP contribution < -0.4 is 4.74 Å². The number of hydrogen-bond acceptors (Lipinski definition) is 4. The van der Waals surface area contributed by atoms with Gasteiger partial charge >= 0.3 is 0 Å². The van der Waals surface area contributed by atoms with Crippen LogP contribution in [-0.2, 0) is 0 Å². The van der Waals surface area contributed by atoms with Gasteiger partial charge in [0.25, 0.3) is 5.91 Å². The fourth-order valence-corrected chi connectivity index (χ4v) is 3.27. The minimum absolute atomic E-state index is 0.0228. The van der Waals surface area contributed by atoms with Gasteiger partial charge in [-0.3, -0.25) is 9.78 Å². The molecule has 0 N–H and O–H groups in total. The van der Waals surface area contributed by atoms with Gasteiger partial charge in [-0.1, -0.05) is 6.07 Å². The highest BCUT2D eigenvalue weighted by molar-refractivity contribution is 5.93. The van der Waals surface area contributed by atoms with Crippen LogP contribution in [0.2, 0.25) is 0 Å². The lowest BCUT2D eigenvalue weighted by Crippen LogP contribution is -2.36. The predicted molar refractivity (Wildman–Crippen MR) is 102 cm³/mol. The lowest BCUT2D eigenvalue weighted by atomic mass is 10.2. The molecule has 1 aromatic carbocycles. The predicted octanol–water partition coefficient (Wildman–Crippen LogP) is 3.15. The molecule has 0 spiro atoms. The Hall–Kier alpha value is -2.47. The third kappa shape index (κ3) is 5.50. The summed E-state index contributed by atoms with van der Waals surface area (Å²) in [5.41, 5.74) is 1.47. The van der Waals surface area contributed by atoms with E-state index in [-0.39, 0.29) is 11.7 Å². The average molecular weight is 371 g/mol. The highest BCUT2D eigenvalue weighted by atomic mass is 19.1. The summed E-state index contributed by atoms with van der Waals surface area (Å²) in [4.78, 5) is 21.2. The van der Waals surface area contributed by atoms with Crippen molar-refractivity contribution in [3.63, 3.8) is 0 Å². The lowest BCUT2D eigenvalue weighted by Gasteiger charge is -2.22. The molecule has 1 saturated heterocycles. The van der Waals surface area contributed by atoms with Crippen LogP contribution in [0.4, 0.5) is 4.39 Å². The van der Waals surface area contributed by atoms with E-state index in [1.54, 1.807) is 18.3 Å². The highest BCUT2D eigenvalue weighted by Crippen LogP contribution is 2.13. The summed E-state index contributed by atoms with van der Waals surface area (Å²) in [5, 5.41) is 0. The maximum atomic E-state index is 12.9. The third-order valence-corrected chi connectivity index (χ3v) is 4.79. The monoisotopic (exact) mass is 371 g/mol. The second kappa shape index (κ2) is 9.46. The van der Waals surface area contributed by atoms with E-state index in [0.717, 1.165) is 44.6 Å². The van der Waals surface area contributed by atoms with Crippen molar-refractivity contribution in [2.75, 3.05) is 39.3 Å². The fraction of sp³-hybridized carbons (Fsp3) is 0.429. The van der Waals surface area contributed by atoms with Crippen molar-refractivity contribution in [2.45, 2.75) is 19.8 Å². The van der Waals surface area contributed by atoms with Gasteiger partial charge in [0.1, 0.15) is 17.3 Å². The van der Waals surface area contributed by atoms with Crippen LogP contribution in [0.15, 0.2) is 42.6 Å². The number of carbonyl (C=O) groups excluding carboxylic acids is 1. The van der Waals surface area contributed by atoms with E-state index in [4.69, 9.17) is 4.74 Å². The van der Waals surface area contributed by atoms with Crippen molar-refractivity contribution >= 4 is 5.91 Å². The van der Waals surface area contributed by atoms with E-state index >= 15 is 0 Å². The van der Waals surface area contributed by atoms with Gasteiger partial charge < -0.3 is 14.5 Å². The van der Waals surface area contributed by atoms with Crippen LogP contribution in [0.5, 0.6) is 5.75 Å². The van der Waals surface area contributed by atoms with Crippen molar-refractivity contribution in [1.29, 1.82) is 0 Å². The summed E-state index contributed by atoms with van der Waals surface area (Å²) in [5.74, 6) is 0.455.